The number of allylic oxidation sites excluding steroid dienone is 1. The predicted molar refractivity (Wildman–Crippen MR) is 69.0 cm³/mol. The Balaban J connectivity index is 2.52. The molecule has 0 aliphatic heterocycles. The molecule has 1 aromatic carbocycles. The van der Waals surface area contributed by atoms with Gasteiger partial charge in [-0.15, -0.1) is 0 Å². The van der Waals surface area contributed by atoms with Gasteiger partial charge in [-0.3, -0.25) is 4.79 Å². The van der Waals surface area contributed by atoms with Gasteiger partial charge < -0.3 is 10.7 Å². The van der Waals surface area contributed by atoms with E-state index in [1.54, 1.807) is 7.05 Å². The maximum Gasteiger partial charge on any atom is 0.166 e. The van der Waals surface area contributed by atoms with Gasteiger partial charge >= 0.3 is 0 Å². The number of carbonyl (C=O) groups is 1. The number of rotatable bonds is 2. The summed E-state index contributed by atoms with van der Waals surface area (Å²) in [7, 11) is 1.80. The van der Waals surface area contributed by atoms with E-state index in [-0.39, 0.29) is 5.78 Å². The van der Waals surface area contributed by atoms with Crippen molar-refractivity contribution in [2.45, 2.75) is 19.3 Å². The number of benzene rings is 1. The van der Waals surface area contributed by atoms with Crippen molar-refractivity contribution in [1.82, 2.24) is 5.32 Å². The fourth-order valence-corrected chi connectivity index (χ4v) is 2.15. The Hall–Kier alpha value is -1.90. The monoisotopic (exact) mass is 228 g/mol. The Labute approximate surface area is 101 Å². The van der Waals surface area contributed by atoms with E-state index in [1.807, 2.05) is 30.3 Å². The third-order valence-corrected chi connectivity index (χ3v) is 2.97. The summed E-state index contributed by atoms with van der Waals surface area (Å²) in [6.07, 6.45) is 2.04. The third-order valence-electron chi connectivity index (χ3n) is 2.97. The van der Waals surface area contributed by atoms with Crippen LogP contribution >= 0.6 is 0 Å². The average molecular weight is 228 g/mol. The van der Waals surface area contributed by atoms with E-state index in [0.717, 1.165) is 17.7 Å². The first-order valence-electron chi connectivity index (χ1n) is 5.82. The molecule has 0 bridgehead atoms. The topological polar surface area (TPSA) is 53.0 Å². The van der Waals surface area contributed by atoms with Crippen molar-refractivity contribution in [3.8, 4) is 0 Å². The van der Waals surface area contributed by atoms with Crippen molar-refractivity contribution >= 4 is 17.2 Å². The van der Waals surface area contributed by atoms with Crippen molar-refractivity contribution in [2.75, 3.05) is 7.05 Å². The fraction of sp³-hybridized carbons (Fsp3) is 0.286. The highest BCUT2D eigenvalue weighted by Crippen LogP contribution is 2.24. The molecule has 0 amide bonds. The SMILES string of the molecule is CN/C(=C1\C(=N)CCCC1=O)c1ccccc1. The van der Waals surface area contributed by atoms with Gasteiger partial charge in [0, 0.05) is 19.2 Å². The molecule has 3 nitrogen and oxygen atoms in total. The summed E-state index contributed by atoms with van der Waals surface area (Å²) in [5, 5.41) is 11.0. The van der Waals surface area contributed by atoms with Crippen LogP contribution in [0, 0.1) is 5.41 Å². The second-order valence-corrected chi connectivity index (χ2v) is 4.12. The van der Waals surface area contributed by atoms with Crippen LogP contribution in [0.4, 0.5) is 0 Å². The van der Waals surface area contributed by atoms with Crippen molar-refractivity contribution in [3.05, 3.63) is 41.5 Å². The number of nitrogens with one attached hydrogen (secondary N) is 2. The Kier molecular flexibility index (Phi) is 3.38. The first-order valence-corrected chi connectivity index (χ1v) is 5.82. The van der Waals surface area contributed by atoms with Crippen LogP contribution in [0.1, 0.15) is 24.8 Å². The van der Waals surface area contributed by atoms with E-state index >= 15 is 0 Å². The van der Waals surface area contributed by atoms with Crippen LogP contribution in [0.3, 0.4) is 0 Å². The zero-order chi connectivity index (χ0) is 12.3. The molecule has 0 unspecified atom stereocenters. The molecule has 0 saturated heterocycles. The predicted octanol–water partition coefficient (Wildman–Crippen LogP) is 2.39. The van der Waals surface area contributed by atoms with E-state index in [1.165, 1.54) is 0 Å². The number of ketones is 1. The van der Waals surface area contributed by atoms with E-state index in [9.17, 15) is 4.79 Å². The molecule has 1 saturated carbocycles. The van der Waals surface area contributed by atoms with Gasteiger partial charge in [-0.1, -0.05) is 30.3 Å². The summed E-state index contributed by atoms with van der Waals surface area (Å²) in [6.45, 7) is 0. The molecule has 0 heterocycles. The zero-order valence-corrected chi connectivity index (χ0v) is 9.92. The molecular weight excluding hydrogens is 212 g/mol. The maximum atomic E-state index is 11.9. The molecule has 1 aliphatic rings. The normalized spacial score (nSPS) is 19.1. The van der Waals surface area contributed by atoms with Crippen LogP contribution in [-0.4, -0.2) is 18.5 Å². The Morgan fingerprint density at radius 3 is 2.53 bits per heavy atom. The lowest BCUT2D eigenvalue weighted by Crippen LogP contribution is -2.23. The van der Waals surface area contributed by atoms with E-state index in [4.69, 9.17) is 5.41 Å². The van der Waals surface area contributed by atoms with E-state index in [2.05, 4.69) is 5.32 Å². The van der Waals surface area contributed by atoms with Crippen molar-refractivity contribution in [1.29, 1.82) is 5.41 Å². The molecule has 0 spiro atoms. The first-order chi connectivity index (χ1) is 8.24. The second-order valence-electron chi connectivity index (χ2n) is 4.12. The highest BCUT2D eigenvalue weighted by Gasteiger charge is 2.24. The molecule has 2 N–H and O–H groups in total. The van der Waals surface area contributed by atoms with Gasteiger partial charge in [-0.25, -0.2) is 0 Å². The van der Waals surface area contributed by atoms with Crippen LogP contribution in [0.25, 0.3) is 5.70 Å². The van der Waals surface area contributed by atoms with Crippen LogP contribution in [0.2, 0.25) is 0 Å². The minimum absolute atomic E-state index is 0.0782. The van der Waals surface area contributed by atoms with Gasteiger partial charge in [0.1, 0.15) is 0 Å². The molecule has 1 aliphatic carbocycles. The summed E-state index contributed by atoms with van der Waals surface area (Å²) < 4.78 is 0. The Bertz CT molecular complexity index is 456. The molecule has 0 radical (unpaired) electrons. The molecular formula is C14H16N2O. The lowest BCUT2D eigenvalue weighted by Gasteiger charge is -2.19. The molecule has 1 aromatic rings. The fourth-order valence-electron chi connectivity index (χ4n) is 2.15. The van der Waals surface area contributed by atoms with Crippen LogP contribution in [0.5, 0.6) is 0 Å². The number of hydrogen-bond donors (Lipinski definition) is 2. The molecule has 17 heavy (non-hydrogen) atoms. The highest BCUT2D eigenvalue weighted by atomic mass is 16.1. The lowest BCUT2D eigenvalue weighted by atomic mass is 9.88. The maximum absolute atomic E-state index is 11.9. The van der Waals surface area contributed by atoms with Gasteiger partial charge in [-0.05, 0) is 18.4 Å². The summed E-state index contributed by atoms with van der Waals surface area (Å²) in [5.74, 6) is 0.0782. The third kappa shape index (κ3) is 2.28. The van der Waals surface area contributed by atoms with Crippen LogP contribution in [-0.2, 0) is 4.79 Å². The Morgan fingerprint density at radius 2 is 1.94 bits per heavy atom. The number of hydrogen-bond acceptors (Lipinski definition) is 3. The highest BCUT2D eigenvalue weighted by molar-refractivity contribution is 6.27. The Morgan fingerprint density at radius 1 is 1.24 bits per heavy atom. The van der Waals surface area contributed by atoms with Crippen LogP contribution < -0.4 is 5.32 Å². The standard InChI is InChI=1S/C14H16N2O/c1-16-14(10-6-3-2-4-7-10)13-11(15)8-5-9-12(13)17/h2-4,6-7,15-16H,5,8-9H2,1H3/b14-13+,15-11?. The summed E-state index contributed by atoms with van der Waals surface area (Å²) >= 11 is 0. The second kappa shape index (κ2) is 4.95. The van der Waals surface area contributed by atoms with E-state index < -0.39 is 0 Å². The van der Waals surface area contributed by atoms with Gasteiger partial charge in [0.2, 0.25) is 0 Å². The quantitative estimate of drug-likeness (QED) is 0.764. The average Bonchev–Trinajstić information content (AvgIpc) is 2.35. The molecule has 88 valence electrons. The van der Waals surface area contributed by atoms with Gasteiger partial charge in [0.05, 0.1) is 11.3 Å². The van der Waals surface area contributed by atoms with Gasteiger partial charge in [-0.2, -0.15) is 0 Å². The summed E-state index contributed by atoms with van der Waals surface area (Å²) in [5.41, 5.74) is 2.75. The molecule has 0 aromatic heterocycles. The van der Waals surface area contributed by atoms with Gasteiger partial charge in [0.15, 0.2) is 5.78 Å². The number of Topliss-reactive ketones (excluding diaryl/α,β-unsaturated/α-hetero) is 1. The zero-order valence-electron chi connectivity index (χ0n) is 9.92. The molecule has 3 heteroatoms. The van der Waals surface area contributed by atoms with Crippen molar-refractivity contribution in [2.24, 2.45) is 0 Å². The minimum Gasteiger partial charge on any atom is -0.387 e. The summed E-state index contributed by atoms with van der Waals surface area (Å²) in [4.78, 5) is 11.9. The molecule has 2 rings (SSSR count). The first kappa shape index (κ1) is 11.6. The van der Waals surface area contributed by atoms with Gasteiger partial charge in [0.25, 0.3) is 0 Å². The summed E-state index contributed by atoms with van der Waals surface area (Å²) in [6, 6.07) is 9.71. The van der Waals surface area contributed by atoms with E-state index in [0.29, 0.717) is 24.1 Å². The van der Waals surface area contributed by atoms with Crippen LogP contribution in [0.15, 0.2) is 35.9 Å². The smallest absolute Gasteiger partial charge is 0.166 e. The largest absolute Gasteiger partial charge is 0.387 e. The minimum atomic E-state index is 0.0782. The lowest BCUT2D eigenvalue weighted by molar-refractivity contribution is -0.115. The molecule has 0 atom stereocenters. The molecule has 1 fully saturated rings. The van der Waals surface area contributed by atoms with Crippen molar-refractivity contribution in [3.63, 3.8) is 0 Å². The number of carbonyl (C=O) groups excluding carboxylic acids is 1. The van der Waals surface area contributed by atoms with Crippen molar-refractivity contribution < 1.29 is 4.79 Å².